The van der Waals surface area contributed by atoms with Gasteiger partial charge in [-0.05, 0) is 34.1 Å². The first-order valence-electron chi connectivity index (χ1n) is 6.64. The Hall–Kier alpha value is -1.37. The topological polar surface area (TPSA) is 72.2 Å². The first-order chi connectivity index (χ1) is 9.74. The van der Waals surface area contributed by atoms with Gasteiger partial charge < -0.3 is 5.73 Å². The molecule has 1 heterocycles. The van der Waals surface area contributed by atoms with Gasteiger partial charge in [0.05, 0.1) is 5.69 Å². The minimum absolute atomic E-state index is 0.142. The van der Waals surface area contributed by atoms with Gasteiger partial charge in [-0.3, -0.25) is 4.72 Å². The van der Waals surface area contributed by atoms with Crippen LogP contribution in [0.5, 0.6) is 0 Å². The lowest BCUT2D eigenvalue weighted by molar-refractivity contribution is 0.590. The van der Waals surface area contributed by atoms with Gasteiger partial charge in [0.15, 0.2) is 0 Å². The molecule has 0 aliphatic heterocycles. The van der Waals surface area contributed by atoms with Crippen LogP contribution in [0.15, 0.2) is 39.9 Å². The van der Waals surface area contributed by atoms with E-state index < -0.39 is 10.0 Å². The smallest absolute Gasteiger partial charge is 0.271 e. The molecule has 1 aromatic heterocycles. The van der Waals surface area contributed by atoms with Crippen LogP contribution in [-0.2, 0) is 22.0 Å². The molecular formula is C15H20N2O2S2. The number of sulfonamides is 1. The maximum atomic E-state index is 12.5. The number of hydrogen-bond donors (Lipinski definition) is 2. The number of para-hydroxylation sites is 1. The molecule has 0 amide bonds. The van der Waals surface area contributed by atoms with Gasteiger partial charge in [0, 0.05) is 6.54 Å². The highest BCUT2D eigenvalue weighted by Gasteiger charge is 2.22. The predicted molar refractivity (Wildman–Crippen MR) is 88.2 cm³/mol. The Kier molecular flexibility index (Phi) is 4.41. The monoisotopic (exact) mass is 324 g/mol. The van der Waals surface area contributed by atoms with Crippen molar-refractivity contribution < 1.29 is 8.42 Å². The first-order valence-corrected chi connectivity index (χ1v) is 9.00. The molecule has 21 heavy (non-hydrogen) atoms. The van der Waals surface area contributed by atoms with E-state index in [0.717, 1.165) is 11.1 Å². The maximum absolute atomic E-state index is 12.5. The number of benzene rings is 1. The third kappa shape index (κ3) is 3.64. The lowest BCUT2D eigenvalue weighted by atomic mass is 9.86. The van der Waals surface area contributed by atoms with Gasteiger partial charge >= 0.3 is 0 Å². The average molecular weight is 324 g/mol. The summed E-state index contributed by atoms with van der Waals surface area (Å²) in [6, 6.07) is 9.09. The van der Waals surface area contributed by atoms with Gasteiger partial charge in [0.2, 0.25) is 0 Å². The molecule has 4 nitrogen and oxygen atoms in total. The van der Waals surface area contributed by atoms with Gasteiger partial charge in [-0.15, -0.1) is 11.3 Å². The summed E-state index contributed by atoms with van der Waals surface area (Å²) in [5.41, 5.74) is 7.79. The second-order valence-electron chi connectivity index (χ2n) is 5.88. The number of rotatable bonds is 4. The summed E-state index contributed by atoms with van der Waals surface area (Å²) in [6.07, 6.45) is 0. The van der Waals surface area contributed by atoms with Crippen molar-refractivity contribution >= 4 is 27.0 Å². The third-order valence-corrected chi connectivity index (χ3v) is 5.96. The number of thiophene rings is 1. The average Bonchev–Trinajstić information content (AvgIpc) is 2.87. The molecule has 2 rings (SSSR count). The van der Waals surface area contributed by atoms with Gasteiger partial charge in [0.25, 0.3) is 10.0 Å². The molecule has 0 atom stereocenters. The van der Waals surface area contributed by atoms with Crippen molar-refractivity contribution in [3.8, 4) is 0 Å². The van der Waals surface area contributed by atoms with Gasteiger partial charge in [-0.25, -0.2) is 8.42 Å². The standard InChI is InChI=1S/C15H20N2O2S2/c1-15(2,3)12-6-4-5-7-13(12)17-21(18,19)14-8-11(9-16)10-20-14/h4-8,10,17H,9,16H2,1-3H3. The fourth-order valence-electron chi connectivity index (χ4n) is 2.02. The Morgan fingerprint density at radius 2 is 1.90 bits per heavy atom. The summed E-state index contributed by atoms with van der Waals surface area (Å²) in [6.45, 7) is 6.50. The Balaban J connectivity index is 2.38. The zero-order valence-corrected chi connectivity index (χ0v) is 14.0. The van der Waals surface area contributed by atoms with Gasteiger partial charge in [0.1, 0.15) is 4.21 Å². The zero-order valence-electron chi connectivity index (χ0n) is 12.4. The highest BCUT2D eigenvalue weighted by Crippen LogP contribution is 2.31. The molecule has 0 aliphatic carbocycles. The van der Waals surface area contributed by atoms with Gasteiger partial charge in [-0.1, -0.05) is 39.0 Å². The minimum atomic E-state index is -3.57. The van der Waals surface area contributed by atoms with E-state index in [2.05, 4.69) is 25.5 Å². The van der Waals surface area contributed by atoms with Crippen molar-refractivity contribution in [1.29, 1.82) is 0 Å². The molecule has 0 radical (unpaired) electrons. The summed E-state index contributed by atoms with van der Waals surface area (Å²) < 4.78 is 27.9. The number of nitrogens with one attached hydrogen (secondary N) is 1. The second-order valence-corrected chi connectivity index (χ2v) is 8.70. The lowest BCUT2D eigenvalue weighted by Crippen LogP contribution is -2.18. The summed E-state index contributed by atoms with van der Waals surface area (Å²) in [4.78, 5) is 0. The third-order valence-electron chi connectivity index (χ3n) is 3.11. The summed E-state index contributed by atoms with van der Waals surface area (Å²) in [7, 11) is -3.57. The van der Waals surface area contributed by atoms with Crippen LogP contribution in [-0.4, -0.2) is 8.42 Å². The van der Waals surface area contributed by atoms with Crippen molar-refractivity contribution in [2.75, 3.05) is 4.72 Å². The molecule has 0 fully saturated rings. The van der Waals surface area contributed by atoms with E-state index in [1.165, 1.54) is 11.3 Å². The number of nitrogens with two attached hydrogens (primary N) is 1. The maximum Gasteiger partial charge on any atom is 0.271 e. The largest absolute Gasteiger partial charge is 0.326 e. The van der Waals surface area contributed by atoms with E-state index >= 15 is 0 Å². The van der Waals surface area contributed by atoms with Crippen molar-refractivity contribution in [3.05, 3.63) is 46.8 Å². The second kappa shape index (κ2) is 5.79. The van der Waals surface area contributed by atoms with Crippen LogP contribution in [0.4, 0.5) is 5.69 Å². The van der Waals surface area contributed by atoms with E-state index in [4.69, 9.17) is 5.73 Å². The molecule has 0 saturated heterocycles. The van der Waals surface area contributed by atoms with Crippen LogP contribution in [0.3, 0.4) is 0 Å². The summed E-state index contributed by atoms with van der Waals surface area (Å²) in [5, 5.41) is 1.77. The van der Waals surface area contributed by atoms with Gasteiger partial charge in [-0.2, -0.15) is 0 Å². The summed E-state index contributed by atoms with van der Waals surface area (Å²) >= 11 is 1.18. The molecule has 0 spiro atoms. The Bertz CT molecular complexity index is 728. The lowest BCUT2D eigenvalue weighted by Gasteiger charge is -2.23. The SMILES string of the molecule is CC(C)(C)c1ccccc1NS(=O)(=O)c1cc(CN)cs1. The quantitative estimate of drug-likeness (QED) is 0.906. The minimum Gasteiger partial charge on any atom is -0.326 e. The molecule has 2 aromatic rings. The van der Waals surface area contributed by atoms with Crippen LogP contribution in [0.1, 0.15) is 31.9 Å². The van der Waals surface area contributed by atoms with Crippen LogP contribution in [0, 0.1) is 0 Å². The van der Waals surface area contributed by atoms with Crippen LogP contribution < -0.4 is 10.5 Å². The molecule has 6 heteroatoms. The van der Waals surface area contributed by atoms with E-state index in [0.29, 0.717) is 12.2 Å². The Morgan fingerprint density at radius 1 is 1.24 bits per heavy atom. The summed E-state index contributed by atoms with van der Waals surface area (Å²) in [5.74, 6) is 0. The molecule has 114 valence electrons. The van der Waals surface area contributed by atoms with Crippen LogP contribution in [0.2, 0.25) is 0 Å². The van der Waals surface area contributed by atoms with E-state index in [1.54, 1.807) is 17.5 Å². The highest BCUT2D eigenvalue weighted by molar-refractivity contribution is 7.94. The molecule has 0 bridgehead atoms. The molecule has 1 aromatic carbocycles. The number of hydrogen-bond acceptors (Lipinski definition) is 4. The molecule has 0 saturated carbocycles. The predicted octanol–water partition coefficient (Wildman–Crippen LogP) is 3.31. The van der Waals surface area contributed by atoms with E-state index in [9.17, 15) is 8.42 Å². The first kappa shape index (κ1) is 16.0. The van der Waals surface area contributed by atoms with Crippen molar-refractivity contribution in [2.24, 2.45) is 5.73 Å². The molecular weight excluding hydrogens is 304 g/mol. The molecule has 3 N–H and O–H groups in total. The molecule has 0 unspecified atom stereocenters. The Labute approximate surface area is 130 Å². The van der Waals surface area contributed by atoms with Crippen molar-refractivity contribution in [3.63, 3.8) is 0 Å². The highest BCUT2D eigenvalue weighted by atomic mass is 32.2. The van der Waals surface area contributed by atoms with E-state index in [-0.39, 0.29) is 9.62 Å². The Morgan fingerprint density at radius 3 is 2.48 bits per heavy atom. The van der Waals surface area contributed by atoms with Crippen LogP contribution in [0.25, 0.3) is 0 Å². The van der Waals surface area contributed by atoms with Crippen LogP contribution >= 0.6 is 11.3 Å². The molecule has 0 aliphatic rings. The fraction of sp³-hybridized carbons (Fsp3) is 0.333. The fourth-order valence-corrected chi connectivity index (χ4v) is 4.32. The van der Waals surface area contributed by atoms with Crippen molar-refractivity contribution in [2.45, 2.75) is 36.9 Å². The zero-order chi connectivity index (χ0) is 15.7. The van der Waals surface area contributed by atoms with E-state index in [1.807, 2.05) is 18.2 Å². The number of anilines is 1. The normalized spacial score (nSPS) is 12.4. The van der Waals surface area contributed by atoms with Crippen molar-refractivity contribution in [1.82, 2.24) is 0 Å².